The Kier molecular flexibility index (Phi) is 8.27. The second-order valence-electron chi connectivity index (χ2n) is 6.85. The summed E-state index contributed by atoms with van der Waals surface area (Å²) in [6, 6.07) is 19.3. The number of carbonyl (C=O) groups is 2. The molecule has 1 aromatic heterocycles. The summed E-state index contributed by atoms with van der Waals surface area (Å²) >= 11 is 2.73. The SMILES string of the molecule is CCCCC(=O)Nc1cccc(SCC(=O)Nc2scc(-c3ccccc3)c2C#N)c1. The summed E-state index contributed by atoms with van der Waals surface area (Å²) < 4.78 is 0. The maximum Gasteiger partial charge on any atom is 0.235 e. The molecular weight excluding hydrogens is 426 g/mol. The fourth-order valence-corrected chi connectivity index (χ4v) is 4.62. The summed E-state index contributed by atoms with van der Waals surface area (Å²) in [5.74, 6) is 0.0227. The van der Waals surface area contributed by atoms with Crippen molar-refractivity contribution < 1.29 is 9.59 Å². The number of nitrogens with zero attached hydrogens (tertiary/aromatic N) is 1. The highest BCUT2D eigenvalue weighted by atomic mass is 32.2. The number of hydrogen-bond acceptors (Lipinski definition) is 5. The van der Waals surface area contributed by atoms with Gasteiger partial charge in [0.2, 0.25) is 11.8 Å². The number of benzene rings is 2. The molecule has 0 aliphatic rings. The van der Waals surface area contributed by atoms with Crippen LogP contribution in [0.15, 0.2) is 64.9 Å². The average Bonchev–Trinajstić information content (AvgIpc) is 3.19. The zero-order valence-electron chi connectivity index (χ0n) is 17.2. The lowest BCUT2D eigenvalue weighted by Crippen LogP contribution is -2.14. The van der Waals surface area contributed by atoms with Crippen LogP contribution in [-0.4, -0.2) is 17.6 Å². The zero-order chi connectivity index (χ0) is 22.1. The van der Waals surface area contributed by atoms with Gasteiger partial charge in [-0.2, -0.15) is 5.26 Å². The number of nitriles is 1. The van der Waals surface area contributed by atoms with Gasteiger partial charge in [0.05, 0.1) is 11.3 Å². The number of unbranched alkanes of at least 4 members (excludes halogenated alkanes) is 1. The van der Waals surface area contributed by atoms with Gasteiger partial charge in [0.25, 0.3) is 0 Å². The van der Waals surface area contributed by atoms with Gasteiger partial charge in [0.15, 0.2) is 0 Å². The Balaban J connectivity index is 1.59. The van der Waals surface area contributed by atoms with Crippen molar-refractivity contribution in [2.75, 3.05) is 16.4 Å². The Labute approximate surface area is 190 Å². The molecule has 31 heavy (non-hydrogen) atoms. The van der Waals surface area contributed by atoms with Crippen molar-refractivity contribution in [2.45, 2.75) is 31.1 Å². The van der Waals surface area contributed by atoms with Crippen LogP contribution < -0.4 is 10.6 Å². The molecule has 0 saturated carbocycles. The summed E-state index contributed by atoms with van der Waals surface area (Å²) in [7, 11) is 0. The molecule has 0 atom stereocenters. The number of thioether (sulfide) groups is 1. The quantitative estimate of drug-likeness (QED) is 0.384. The van der Waals surface area contributed by atoms with E-state index in [1.165, 1.54) is 23.1 Å². The van der Waals surface area contributed by atoms with Crippen molar-refractivity contribution in [3.63, 3.8) is 0 Å². The molecule has 2 N–H and O–H groups in total. The Morgan fingerprint density at radius 2 is 1.87 bits per heavy atom. The molecule has 0 spiro atoms. The van der Waals surface area contributed by atoms with E-state index < -0.39 is 0 Å². The Bertz CT molecular complexity index is 1090. The molecule has 3 aromatic rings. The number of anilines is 2. The summed E-state index contributed by atoms with van der Waals surface area (Å²) in [5.41, 5.74) is 2.97. The lowest BCUT2D eigenvalue weighted by molar-refractivity contribution is -0.116. The lowest BCUT2D eigenvalue weighted by atomic mass is 10.1. The Hall–Kier alpha value is -3.08. The van der Waals surface area contributed by atoms with E-state index in [-0.39, 0.29) is 17.6 Å². The molecule has 0 radical (unpaired) electrons. The number of amides is 2. The first-order valence-corrected chi connectivity index (χ1v) is 11.9. The van der Waals surface area contributed by atoms with Crippen molar-refractivity contribution in [1.82, 2.24) is 0 Å². The minimum atomic E-state index is -0.180. The second-order valence-corrected chi connectivity index (χ2v) is 8.78. The number of nitrogens with one attached hydrogen (secondary N) is 2. The highest BCUT2D eigenvalue weighted by molar-refractivity contribution is 8.00. The van der Waals surface area contributed by atoms with E-state index in [2.05, 4.69) is 16.7 Å². The lowest BCUT2D eigenvalue weighted by Gasteiger charge is -2.08. The van der Waals surface area contributed by atoms with Crippen molar-refractivity contribution >= 4 is 45.6 Å². The van der Waals surface area contributed by atoms with E-state index in [4.69, 9.17) is 0 Å². The Morgan fingerprint density at radius 1 is 1.06 bits per heavy atom. The third kappa shape index (κ3) is 6.45. The summed E-state index contributed by atoms with van der Waals surface area (Å²) in [4.78, 5) is 25.3. The third-order valence-corrected chi connectivity index (χ3v) is 6.37. The van der Waals surface area contributed by atoms with Crippen LogP contribution in [0.5, 0.6) is 0 Å². The van der Waals surface area contributed by atoms with E-state index in [0.717, 1.165) is 34.6 Å². The van der Waals surface area contributed by atoms with Gasteiger partial charge in [-0.05, 0) is 30.2 Å². The van der Waals surface area contributed by atoms with Crippen LogP contribution in [0.25, 0.3) is 11.1 Å². The van der Waals surface area contributed by atoms with Gasteiger partial charge in [0.1, 0.15) is 11.1 Å². The molecule has 0 fully saturated rings. The Morgan fingerprint density at radius 3 is 2.61 bits per heavy atom. The number of hydrogen-bond donors (Lipinski definition) is 2. The van der Waals surface area contributed by atoms with Crippen LogP contribution in [-0.2, 0) is 9.59 Å². The van der Waals surface area contributed by atoms with Crippen LogP contribution in [0.3, 0.4) is 0 Å². The van der Waals surface area contributed by atoms with Crippen LogP contribution >= 0.6 is 23.1 Å². The molecule has 158 valence electrons. The van der Waals surface area contributed by atoms with E-state index >= 15 is 0 Å². The molecular formula is C24H23N3O2S2. The van der Waals surface area contributed by atoms with E-state index in [9.17, 15) is 14.9 Å². The third-order valence-electron chi connectivity index (χ3n) is 4.49. The van der Waals surface area contributed by atoms with Gasteiger partial charge in [0, 0.05) is 27.9 Å². The fourth-order valence-electron chi connectivity index (χ4n) is 2.93. The summed E-state index contributed by atoms with van der Waals surface area (Å²) in [6.07, 6.45) is 2.34. The maximum atomic E-state index is 12.5. The normalized spacial score (nSPS) is 10.3. The molecule has 2 aromatic carbocycles. The van der Waals surface area contributed by atoms with Gasteiger partial charge in [-0.25, -0.2) is 0 Å². The highest BCUT2D eigenvalue weighted by Crippen LogP contribution is 2.35. The number of rotatable bonds is 9. The van der Waals surface area contributed by atoms with Crippen molar-refractivity contribution in [3.8, 4) is 17.2 Å². The first kappa shape index (κ1) is 22.6. The minimum Gasteiger partial charge on any atom is -0.326 e. The van der Waals surface area contributed by atoms with Crippen molar-refractivity contribution in [3.05, 3.63) is 65.5 Å². The molecule has 7 heteroatoms. The monoisotopic (exact) mass is 449 g/mol. The highest BCUT2D eigenvalue weighted by Gasteiger charge is 2.15. The molecule has 3 rings (SSSR count). The van der Waals surface area contributed by atoms with Crippen LogP contribution in [0.1, 0.15) is 31.7 Å². The van der Waals surface area contributed by atoms with E-state index in [1.807, 2.05) is 66.9 Å². The van der Waals surface area contributed by atoms with E-state index in [1.54, 1.807) is 0 Å². The molecule has 0 aliphatic heterocycles. The van der Waals surface area contributed by atoms with Gasteiger partial charge in [-0.15, -0.1) is 23.1 Å². The first-order chi connectivity index (χ1) is 15.1. The minimum absolute atomic E-state index is 0.00214. The average molecular weight is 450 g/mol. The van der Waals surface area contributed by atoms with Crippen LogP contribution in [0, 0.1) is 11.3 Å². The smallest absolute Gasteiger partial charge is 0.235 e. The molecule has 0 saturated heterocycles. The molecule has 0 unspecified atom stereocenters. The summed E-state index contributed by atoms with van der Waals surface area (Å²) in [6.45, 7) is 2.05. The largest absolute Gasteiger partial charge is 0.326 e. The molecule has 2 amide bonds. The topological polar surface area (TPSA) is 82.0 Å². The van der Waals surface area contributed by atoms with Crippen molar-refractivity contribution in [1.29, 1.82) is 5.26 Å². The summed E-state index contributed by atoms with van der Waals surface area (Å²) in [5, 5.41) is 17.8. The predicted molar refractivity (Wildman–Crippen MR) is 128 cm³/mol. The van der Waals surface area contributed by atoms with Gasteiger partial charge >= 0.3 is 0 Å². The molecule has 1 heterocycles. The number of carbonyl (C=O) groups excluding carboxylic acids is 2. The second kappa shape index (κ2) is 11.3. The van der Waals surface area contributed by atoms with Gasteiger partial charge in [-0.3, -0.25) is 9.59 Å². The van der Waals surface area contributed by atoms with Crippen LogP contribution in [0.4, 0.5) is 10.7 Å². The number of thiophene rings is 1. The maximum absolute atomic E-state index is 12.5. The molecule has 0 bridgehead atoms. The van der Waals surface area contributed by atoms with Gasteiger partial charge < -0.3 is 10.6 Å². The standard InChI is InChI=1S/C24H23N3O2S2/c1-2-3-12-22(28)26-18-10-7-11-19(13-18)30-16-23(29)27-24-20(14-25)21(15-31-24)17-8-5-4-6-9-17/h4-11,13,15H,2-3,12,16H2,1H3,(H,26,28)(H,27,29). The fraction of sp³-hybridized carbons (Fsp3) is 0.208. The zero-order valence-corrected chi connectivity index (χ0v) is 18.8. The molecule has 5 nitrogen and oxygen atoms in total. The predicted octanol–water partition coefficient (Wildman–Crippen LogP) is 6.15. The van der Waals surface area contributed by atoms with E-state index in [0.29, 0.717) is 17.0 Å². The van der Waals surface area contributed by atoms with Crippen LogP contribution in [0.2, 0.25) is 0 Å². The molecule has 0 aliphatic carbocycles. The van der Waals surface area contributed by atoms with Gasteiger partial charge in [-0.1, -0.05) is 49.7 Å². The first-order valence-electron chi connectivity index (χ1n) is 10.00. The van der Waals surface area contributed by atoms with Crippen molar-refractivity contribution in [2.24, 2.45) is 0 Å².